The number of carbonyl (C=O) groups is 1. The van der Waals surface area contributed by atoms with Crippen molar-refractivity contribution in [2.24, 2.45) is 0 Å². The summed E-state index contributed by atoms with van der Waals surface area (Å²) in [5.74, 6) is 0.195. The third kappa shape index (κ3) is 4.49. The summed E-state index contributed by atoms with van der Waals surface area (Å²) in [7, 11) is 4.25. The second-order valence-corrected chi connectivity index (χ2v) is 7.13. The molecule has 0 radical (unpaired) electrons. The van der Waals surface area contributed by atoms with Crippen LogP contribution in [0.15, 0.2) is 54.6 Å². The summed E-state index contributed by atoms with van der Waals surface area (Å²) >= 11 is 0. The molecule has 2 aromatic rings. The van der Waals surface area contributed by atoms with Crippen LogP contribution in [-0.4, -0.2) is 48.9 Å². The van der Waals surface area contributed by atoms with Gasteiger partial charge in [0.25, 0.3) is 5.91 Å². The van der Waals surface area contributed by atoms with E-state index in [9.17, 15) is 4.79 Å². The fourth-order valence-electron chi connectivity index (χ4n) is 3.63. The third-order valence-electron chi connectivity index (χ3n) is 5.26. The number of rotatable bonds is 5. The smallest absolute Gasteiger partial charge is 0.254 e. The van der Waals surface area contributed by atoms with Crippen LogP contribution in [0.5, 0.6) is 0 Å². The normalized spacial score (nSPS) is 15.6. The zero-order valence-electron chi connectivity index (χ0n) is 15.3. The van der Waals surface area contributed by atoms with Crippen LogP contribution in [-0.2, 0) is 12.8 Å². The Labute approximate surface area is 151 Å². The van der Waals surface area contributed by atoms with E-state index in [1.165, 1.54) is 5.56 Å². The number of benzene rings is 2. The maximum absolute atomic E-state index is 13.0. The Bertz CT molecular complexity index is 688. The van der Waals surface area contributed by atoms with E-state index in [0.717, 1.165) is 49.9 Å². The summed E-state index contributed by atoms with van der Waals surface area (Å²) in [5.41, 5.74) is 3.35. The summed E-state index contributed by atoms with van der Waals surface area (Å²) in [6.45, 7) is 1.71. The molecule has 1 aliphatic rings. The van der Waals surface area contributed by atoms with Crippen LogP contribution in [0.3, 0.4) is 0 Å². The second-order valence-electron chi connectivity index (χ2n) is 7.13. The van der Waals surface area contributed by atoms with Gasteiger partial charge in [0.2, 0.25) is 0 Å². The van der Waals surface area contributed by atoms with Gasteiger partial charge in [-0.15, -0.1) is 0 Å². The molecule has 1 saturated heterocycles. The van der Waals surface area contributed by atoms with Crippen LogP contribution in [0, 0.1) is 0 Å². The van der Waals surface area contributed by atoms with Gasteiger partial charge in [0.1, 0.15) is 0 Å². The van der Waals surface area contributed by atoms with Gasteiger partial charge in [-0.3, -0.25) is 4.79 Å². The van der Waals surface area contributed by atoms with Crippen molar-refractivity contribution < 1.29 is 4.79 Å². The minimum absolute atomic E-state index is 0.195. The topological polar surface area (TPSA) is 23.6 Å². The lowest BCUT2D eigenvalue weighted by Gasteiger charge is -2.35. The average Bonchev–Trinajstić information content (AvgIpc) is 2.67. The predicted molar refractivity (Wildman–Crippen MR) is 103 cm³/mol. The summed E-state index contributed by atoms with van der Waals surface area (Å²) in [6.07, 6.45) is 3.99. The van der Waals surface area contributed by atoms with Crippen molar-refractivity contribution >= 4 is 5.91 Å². The fraction of sp³-hybridized carbons (Fsp3) is 0.409. The predicted octanol–water partition coefficient (Wildman–Crippen LogP) is 3.64. The molecule has 0 spiro atoms. The van der Waals surface area contributed by atoms with Crippen LogP contribution in [0.1, 0.15) is 34.3 Å². The lowest BCUT2D eigenvalue weighted by atomic mass is 9.97. The van der Waals surface area contributed by atoms with Gasteiger partial charge in [-0.2, -0.15) is 0 Å². The molecule has 0 N–H and O–H groups in total. The molecule has 0 unspecified atom stereocenters. The van der Waals surface area contributed by atoms with E-state index in [0.29, 0.717) is 6.04 Å². The molecule has 0 aliphatic carbocycles. The largest absolute Gasteiger partial charge is 0.339 e. The minimum atomic E-state index is 0.195. The van der Waals surface area contributed by atoms with E-state index >= 15 is 0 Å². The van der Waals surface area contributed by atoms with Crippen LogP contribution in [0.2, 0.25) is 0 Å². The zero-order chi connectivity index (χ0) is 17.6. The molecule has 3 rings (SSSR count). The van der Waals surface area contributed by atoms with Gasteiger partial charge in [-0.1, -0.05) is 48.5 Å². The summed E-state index contributed by atoms with van der Waals surface area (Å²) in [4.78, 5) is 17.3. The average molecular weight is 336 g/mol. The Balaban J connectivity index is 1.67. The zero-order valence-corrected chi connectivity index (χ0v) is 15.3. The maximum Gasteiger partial charge on any atom is 0.254 e. The third-order valence-corrected chi connectivity index (χ3v) is 5.26. The van der Waals surface area contributed by atoms with Gasteiger partial charge < -0.3 is 9.80 Å². The first-order chi connectivity index (χ1) is 12.1. The van der Waals surface area contributed by atoms with Crippen LogP contribution in [0.25, 0.3) is 0 Å². The van der Waals surface area contributed by atoms with Crippen molar-refractivity contribution in [2.45, 2.75) is 31.7 Å². The van der Waals surface area contributed by atoms with Crippen molar-refractivity contribution in [3.63, 3.8) is 0 Å². The summed E-state index contributed by atoms with van der Waals surface area (Å²) < 4.78 is 0. The molecule has 2 aromatic carbocycles. The Morgan fingerprint density at radius 3 is 2.28 bits per heavy atom. The molecule has 1 aliphatic heterocycles. The summed E-state index contributed by atoms with van der Waals surface area (Å²) in [5, 5.41) is 0. The molecular formula is C22H28N2O. The summed E-state index contributed by atoms with van der Waals surface area (Å²) in [6, 6.07) is 19.2. The number of aryl methyl sites for hydroxylation is 2. The van der Waals surface area contributed by atoms with E-state index in [1.807, 2.05) is 29.2 Å². The van der Waals surface area contributed by atoms with Crippen LogP contribution < -0.4 is 0 Å². The van der Waals surface area contributed by atoms with Crippen LogP contribution in [0.4, 0.5) is 0 Å². The minimum Gasteiger partial charge on any atom is -0.339 e. The number of piperidine rings is 1. The van der Waals surface area contributed by atoms with Gasteiger partial charge in [-0.05, 0) is 57.0 Å². The number of carbonyl (C=O) groups excluding carboxylic acids is 1. The van der Waals surface area contributed by atoms with Crippen molar-refractivity contribution in [3.05, 3.63) is 71.3 Å². The molecular weight excluding hydrogens is 308 g/mol. The quantitative estimate of drug-likeness (QED) is 0.832. The first-order valence-corrected chi connectivity index (χ1v) is 9.22. The maximum atomic E-state index is 13.0. The number of hydrogen-bond donors (Lipinski definition) is 0. The SMILES string of the molecule is CN(C)C1CCN(C(=O)c2ccccc2CCc2ccccc2)CC1. The highest BCUT2D eigenvalue weighted by Crippen LogP contribution is 2.19. The second kappa shape index (κ2) is 8.30. The fourth-order valence-corrected chi connectivity index (χ4v) is 3.63. The van der Waals surface area contributed by atoms with Crippen molar-refractivity contribution in [3.8, 4) is 0 Å². The highest BCUT2D eigenvalue weighted by molar-refractivity contribution is 5.95. The van der Waals surface area contributed by atoms with Crippen molar-refractivity contribution in [2.75, 3.05) is 27.2 Å². The number of likely N-dealkylation sites (tertiary alicyclic amines) is 1. The Hall–Kier alpha value is -2.13. The molecule has 0 bridgehead atoms. The first kappa shape index (κ1) is 17.7. The van der Waals surface area contributed by atoms with Gasteiger partial charge in [-0.25, -0.2) is 0 Å². The van der Waals surface area contributed by atoms with Crippen molar-refractivity contribution in [1.29, 1.82) is 0 Å². The molecule has 3 nitrogen and oxygen atoms in total. The molecule has 1 heterocycles. The number of amides is 1. The molecule has 1 amide bonds. The lowest BCUT2D eigenvalue weighted by Crippen LogP contribution is -2.44. The first-order valence-electron chi connectivity index (χ1n) is 9.22. The molecule has 1 fully saturated rings. The number of nitrogens with zero attached hydrogens (tertiary/aromatic N) is 2. The Kier molecular flexibility index (Phi) is 5.87. The number of hydrogen-bond acceptors (Lipinski definition) is 2. The van der Waals surface area contributed by atoms with E-state index in [-0.39, 0.29) is 5.91 Å². The van der Waals surface area contributed by atoms with E-state index in [2.05, 4.69) is 49.3 Å². The van der Waals surface area contributed by atoms with Gasteiger partial charge in [0.15, 0.2) is 0 Å². The monoisotopic (exact) mass is 336 g/mol. The standard InChI is InChI=1S/C22H28N2O/c1-23(2)20-14-16-24(17-15-20)22(25)21-11-7-6-10-19(21)13-12-18-8-4-3-5-9-18/h3-11,20H,12-17H2,1-2H3. The molecule has 0 aromatic heterocycles. The van der Waals surface area contributed by atoms with Gasteiger partial charge in [0.05, 0.1) is 0 Å². The Morgan fingerprint density at radius 1 is 0.960 bits per heavy atom. The lowest BCUT2D eigenvalue weighted by molar-refractivity contribution is 0.0662. The van der Waals surface area contributed by atoms with Gasteiger partial charge >= 0.3 is 0 Å². The molecule has 25 heavy (non-hydrogen) atoms. The van der Waals surface area contributed by atoms with E-state index < -0.39 is 0 Å². The highest BCUT2D eigenvalue weighted by atomic mass is 16.2. The highest BCUT2D eigenvalue weighted by Gasteiger charge is 2.25. The molecule has 3 heteroatoms. The van der Waals surface area contributed by atoms with E-state index in [4.69, 9.17) is 0 Å². The van der Waals surface area contributed by atoms with Crippen LogP contribution >= 0.6 is 0 Å². The molecule has 132 valence electrons. The molecule has 0 saturated carbocycles. The van der Waals surface area contributed by atoms with E-state index in [1.54, 1.807) is 0 Å². The van der Waals surface area contributed by atoms with Crippen molar-refractivity contribution in [1.82, 2.24) is 9.80 Å². The molecule has 0 atom stereocenters. The van der Waals surface area contributed by atoms with Gasteiger partial charge in [0, 0.05) is 24.7 Å². The Morgan fingerprint density at radius 2 is 1.60 bits per heavy atom.